The van der Waals surface area contributed by atoms with Crippen LogP contribution in [0.2, 0.25) is 0 Å². The van der Waals surface area contributed by atoms with E-state index in [1.807, 2.05) is 25.1 Å². The lowest BCUT2D eigenvalue weighted by Crippen LogP contribution is -2.24. The summed E-state index contributed by atoms with van der Waals surface area (Å²) in [6.07, 6.45) is 0.933. The molecular formula is C17H18BrF2N. The zero-order valence-electron chi connectivity index (χ0n) is 12.1. The summed E-state index contributed by atoms with van der Waals surface area (Å²) in [5.41, 5.74) is 2.49. The third-order valence-corrected chi connectivity index (χ3v) is 4.49. The quantitative estimate of drug-likeness (QED) is 0.785. The van der Waals surface area contributed by atoms with E-state index in [1.54, 1.807) is 0 Å². The Morgan fingerprint density at radius 3 is 2.57 bits per heavy atom. The molecule has 0 bridgehead atoms. The van der Waals surface area contributed by atoms with Crippen molar-refractivity contribution < 1.29 is 8.78 Å². The van der Waals surface area contributed by atoms with Crippen LogP contribution in [0.15, 0.2) is 40.9 Å². The molecule has 0 spiro atoms. The summed E-state index contributed by atoms with van der Waals surface area (Å²) in [6, 6.07) is 9.31. The first-order valence-electron chi connectivity index (χ1n) is 6.98. The smallest absolute Gasteiger partial charge is 0.131 e. The highest BCUT2D eigenvalue weighted by Crippen LogP contribution is 2.32. The zero-order valence-corrected chi connectivity index (χ0v) is 13.7. The fourth-order valence-corrected chi connectivity index (χ4v) is 2.80. The maximum absolute atomic E-state index is 14.2. The summed E-state index contributed by atoms with van der Waals surface area (Å²) < 4.78 is 28.2. The number of rotatable bonds is 5. The highest BCUT2D eigenvalue weighted by atomic mass is 79.9. The van der Waals surface area contributed by atoms with Crippen LogP contribution in [0.1, 0.15) is 36.1 Å². The molecule has 0 aromatic heterocycles. The van der Waals surface area contributed by atoms with Gasteiger partial charge in [0.1, 0.15) is 11.6 Å². The SMILES string of the molecule is CCCNC(c1ccc(F)cc1F)c1cccc(C)c1Br. The molecule has 1 nitrogen and oxygen atoms in total. The van der Waals surface area contributed by atoms with Crippen LogP contribution in [0.25, 0.3) is 0 Å². The molecule has 0 heterocycles. The number of aryl methyl sites for hydroxylation is 1. The van der Waals surface area contributed by atoms with Gasteiger partial charge in [-0.1, -0.05) is 47.1 Å². The molecule has 1 N–H and O–H groups in total. The van der Waals surface area contributed by atoms with Gasteiger partial charge in [0.15, 0.2) is 0 Å². The molecule has 1 unspecified atom stereocenters. The topological polar surface area (TPSA) is 12.0 Å². The molecule has 0 fully saturated rings. The summed E-state index contributed by atoms with van der Waals surface area (Å²) in [5, 5.41) is 3.34. The summed E-state index contributed by atoms with van der Waals surface area (Å²) in [5.74, 6) is -1.09. The van der Waals surface area contributed by atoms with E-state index in [-0.39, 0.29) is 6.04 Å². The number of hydrogen-bond donors (Lipinski definition) is 1. The lowest BCUT2D eigenvalue weighted by atomic mass is 9.96. The van der Waals surface area contributed by atoms with Crippen molar-refractivity contribution in [1.29, 1.82) is 0 Å². The summed E-state index contributed by atoms with van der Waals surface area (Å²) >= 11 is 3.57. The van der Waals surface area contributed by atoms with Crippen molar-refractivity contribution in [2.24, 2.45) is 0 Å². The maximum atomic E-state index is 14.2. The number of hydrogen-bond acceptors (Lipinski definition) is 1. The van der Waals surface area contributed by atoms with Gasteiger partial charge in [0.2, 0.25) is 0 Å². The third-order valence-electron chi connectivity index (χ3n) is 3.40. The van der Waals surface area contributed by atoms with Crippen molar-refractivity contribution >= 4 is 15.9 Å². The fraction of sp³-hybridized carbons (Fsp3) is 0.294. The molecule has 2 rings (SSSR count). The molecular weight excluding hydrogens is 336 g/mol. The Morgan fingerprint density at radius 2 is 1.90 bits per heavy atom. The van der Waals surface area contributed by atoms with E-state index in [1.165, 1.54) is 12.1 Å². The summed E-state index contributed by atoms with van der Waals surface area (Å²) in [6.45, 7) is 4.80. The van der Waals surface area contributed by atoms with Crippen molar-refractivity contribution in [3.05, 3.63) is 69.2 Å². The Bertz CT molecular complexity index is 628. The molecule has 2 aromatic rings. The van der Waals surface area contributed by atoms with Crippen molar-refractivity contribution in [1.82, 2.24) is 5.32 Å². The van der Waals surface area contributed by atoms with Gasteiger partial charge in [-0.25, -0.2) is 8.78 Å². The highest BCUT2D eigenvalue weighted by Gasteiger charge is 2.20. The van der Waals surface area contributed by atoms with Gasteiger partial charge in [0.05, 0.1) is 6.04 Å². The van der Waals surface area contributed by atoms with E-state index >= 15 is 0 Å². The van der Waals surface area contributed by atoms with Crippen LogP contribution in [-0.4, -0.2) is 6.54 Å². The van der Waals surface area contributed by atoms with E-state index in [9.17, 15) is 8.78 Å². The Labute approximate surface area is 132 Å². The minimum atomic E-state index is -0.561. The zero-order chi connectivity index (χ0) is 15.4. The average molecular weight is 354 g/mol. The van der Waals surface area contributed by atoms with Gasteiger partial charge in [-0.3, -0.25) is 0 Å². The van der Waals surface area contributed by atoms with Gasteiger partial charge >= 0.3 is 0 Å². The van der Waals surface area contributed by atoms with E-state index in [4.69, 9.17) is 0 Å². The van der Waals surface area contributed by atoms with E-state index in [0.717, 1.165) is 34.6 Å². The Balaban J connectivity index is 2.49. The van der Waals surface area contributed by atoms with Crippen molar-refractivity contribution in [2.75, 3.05) is 6.54 Å². The second-order valence-corrected chi connectivity index (χ2v) is 5.82. The molecule has 0 radical (unpaired) electrons. The normalized spacial score (nSPS) is 12.4. The van der Waals surface area contributed by atoms with Crippen LogP contribution < -0.4 is 5.32 Å². The van der Waals surface area contributed by atoms with E-state index in [2.05, 4.69) is 28.2 Å². The molecule has 0 aliphatic heterocycles. The second kappa shape index (κ2) is 7.14. The van der Waals surface area contributed by atoms with Gasteiger partial charge < -0.3 is 5.32 Å². The molecule has 21 heavy (non-hydrogen) atoms. The summed E-state index contributed by atoms with van der Waals surface area (Å²) in [4.78, 5) is 0. The van der Waals surface area contributed by atoms with Gasteiger partial charge in [-0.2, -0.15) is 0 Å². The van der Waals surface area contributed by atoms with E-state index in [0.29, 0.717) is 5.56 Å². The molecule has 4 heteroatoms. The molecule has 0 aliphatic rings. The van der Waals surface area contributed by atoms with Crippen LogP contribution >= 0.6 is 15.9 Å². The first-order valence-corrected chi connectivity index (χ1v) is 7.77. The second-order valence-electron chi connectivity index (χ2n) is 5.03. The largest absolute Gasteiger partial charge is 0.306 e. The molecule has 0 aliphatic carbocycles. The molecule has 0 saturated heterocycles. The number of halogens is 3. The predicted octanol–water partition coefficient (Wildman–Crippen LogP) is 5.12. The highest BCUT2D eigenvalue weighted by molar-refractivity contribution is 9.10. The molecule has 2 aromatic carbocycles. The van der Waals surface area contributed by atoms with Crippen molar-refractivity contribution in [3.8, 4) is 0 Å². The maximum Gasteiger partial charge on any atom is 0.131 e. The van der Waals surface area contributed by atoms with Crippen LogP contribution in [-0.2, 0) is 0 Å². The Hall–Kier alpha value is -1.26. The lowest BCUT2D eigenvalue weighted by molar-refractivity contribution is 0.532. The fourth-order valence-electron chi connectivity index (χ4n) is 2.30. The first kappa shape index (κ1) is 16.1. The minimum Gasteiger partial charge on any atom is -0.306 e. The van der Waals surface area contributed by atoms with Crippen LogP contribution in [0.5, 0.6) is 0 Å². The third kappa shape index (κ3) is 3.69. The number of benzene rings is 2. The minimum absolute atomic E-state index is 0.306. The molecule has 112 valence electrons. The van der Waals surface area contributed by atoms with Gasteiger partial charge in [-0.05, 0) is 37.1 Å². The van der Waals surface area contributed by atoms with Crippen LogP contribution in [0, 0.1) is 18.6 Å². The Morgan fingerprint density at radius 1 is 1.14 bits per heavy atom. The molecule has 0 amide bonds. The van der Waals surface area contributed by atoms with E-state index < -0.39 is 11.6 Å². The predicted molar refractivity (Wildman–Crippen MR) is 85.4 cm³/mol. The van der Waals surface area contributed by atoms with Gasteiger partial charge in [0.25, 0.3) is 0 Å². The van der Waals surface area contributed by atoms with Crippen molar-refractivity contribution in [3.63, 3.8) is 0 Å². The van der Waals surface area contributed by atoms with Crippen molar-refractivity contribution in [2.45, 2.75) is 26.3 Å². The molecule has 1 atom stereocenters. The summed E-state index contributed by atoms with van der Waals surface area (Å²) in [7, 11) is 0. The monoisotopic (exact) mass is 353 g/mol. The first-order chi connectivity index (χ1) is 10.0. The molecule has 0 saturated carbocycles. The number of nitrogens with one attached hydrogen (secondary N) is 1. The lowest BCUT2D eigenvalue weighted by Gasteiger charge is -2.22. The Kier molecular flexibility index (Phi) is 5.48. The van der Waals surface area contributed by atoms with Crippen LogP contribution in [0.3, 0.4) is 0 Å². The standard InChI is InChI=1S/C17H18BrF2N/c1-3-9-21-17(13-8-7-12(19)10-15(13)20)14-6-4-5-11(2)16(14)18/h4-8,10,17,21H,3,9H2,1-2H3. The van der Waals surface area contributed by atoms with Crippen LogP contribution in [0.4, 0.5) is 8.78 Å². The van der Waals surface area contributed by atoms with Gasteiger partial charge in [-0.15, -0.1) is 0 Å². The van der Waals surface area contributed by atoms with Gasteiger partial charge in [0, 0.05) is 16.1 Å². The average Bonchev–Trinajstić information content (AvgIpc) is 2.45.